The van der Waals surface area contributed by atoms with Gasteiger partial charge in [-0.3, -0.25) is 4.79 Å². The van der Waals surface area contributed by atoms with Crippen LogP contribution in [0.5, 0.6) is 0 Å². The molecule has 0 aromatic carbocycles. The molecule has 0 radical (unpaired) electrons. The first kappa shape index (κ1) is 14.7. The predicted molar refractivity (Wildman–Crippen MR) is 88.7 cm³/mol. The topological polar surface area (TPSA) is 42.0 Å². The molecule has 1 N–H and O–H groups in total. The van der Waals surface area contributed by atoms with Crippen LogP contribution < -0.4 is 5.32 Å². The first-order valence-electron chi connectivity index (χ1n) is 7.48. The molecule has 0 aliphatic heterocycles. The Balaban J connectivity index is 1.53. The number of aromatic nitrogens is 1. The van der Waals surface area contributed by atoms with Gasteiger partial charge in [0, 0.05) is 11.4 Å². The molecule has 1 aliphatic carbocycles. The Morgan fingerprint density at radius 2 is 2.14 bits per heavy atom. The lowest BCUT2D eigenvalue weighted by molar-refractivity contribution is -0.121. The monoisotopic (exact) mass is 320 g/mol. The molecule has 3 nitrogen and oxygen atoms in total. The van der Waals surface area contributed by atoms with Crippen molar-refractivity contribution in [3.8, 4) is 9.88 Å². The maximum absolute atomic E-state index is 12.1. The first-order chi connectivity index (χ1) is 10.2. The Kier molecular flexibility index (Phi) is 4.70. The van der Waals surface area contributed by atoms with Crippen LogP contribution in [0, 0.1) is 5.92 Å². The summed E-state index contributed by atoms with van der Waals surface area (Å²) < 4.78 is 0. The van der Waals surface area contributed by atoms with Gasteiger partial charge in [0.1, 0.15) is 5.01 Å². The van der Waals surface area contributed by atoms with E-state index in [4.69, 9.17) is 0 Å². The van der Waals surface area contributed by atoms with Crippen molar-refractivity contribution in [1.29, 1.82) is 0 Å². The zero-order valence-electron chi connectivity index (χ0n) is 12.2. The fourth-order valence-electron chi connectivity index (χ4n) is 2.75. The summed E-state index contributed by atoms with van der Waals surface area (Å²) in [4.78, 5) is 17.9. The van der Waals surface area contributed by atoms with E-state index in [-0.39, 0.29) is 5.91 Å². The highest BCUT2D eigenvalue weighted by molar-refractivity contribution is 7.20. The smallest absolute Gasteiger partial charge is 0.226 e. The highest BCUT2D eigenvalue weighted by Gasteiger charge is 2.20. The summed E-state index contributed by atoms with van der Waals surface area (Å²) in [6, 6.07) is 4.46. The molecule has 0 atom stereocenters. The number of amides is 1. The third-order valence-electron chi connectivity index (χ3n) is 4.01. The van der Waals surface area contributed by atoms with Crippen LogP contribution in [0.15, 0.2) is 22.9 Å². The molecule has 0 unspecified atom stereocenters. The van der Waals surface area contributed by atoms with Crippen molar-refractivity contribution in [2.24, 2.45) is 5.92 Å². The summed E-state index contributed by atoms with van der Waals surface area (Å²) in [5.74, 6) is 0.919. The van der Waals surface area contributed by atoms with Crippen LogP contribution in [-0.2, 0) is 11.2 Å². The van der Waals surface area contributed by atoms with E-state index in [2.05, 4.69) is 23.3 Å². The van der Waals surface area contributed by atoms with Gasteiger partial charge in [-0.2, -0.15) is 0 Å². The number of thiophene rings is 1. The number of nitrogens with one attached hydrogen (secondary N) is 1. The second-order valence-electron chi connectivity index (χ2n) is 5.82. The third-order valence-corrected chi connectivity index (χ3v) is 5.94. The zero-order chi connectivity index (χ0) is 14.7. The summed E-state index contributed by atoms with van der Waals surface area (Å²) in [5.41, 5.74) is 0.880. The molecule has 0 saturated heterocycles. The lowest BCUT2D eigenvalue weighted by Crippen LogP contribution is -2.38. The van der Waals surface area contributed by atoms with E-state index < -0.39 is 0 Å². The van der Waals surface area contributed by atoms with Crippen LogP contribution in [0.1, 0.15) is 38.3 Å². The van der Waals surface area contributed by atoms with Gasteiger partial charge in [-0.25, -0.2) is 4.98 Å². The van der Waals surface area contributed by atoms with Crippen molar-refractivity contribution in [3.63, 3.8) is 0 Å². The molecule has 2 heterocycles. The Bertz CT molecular complexity index is 583. The van der Waals surface area contributed by atoms with Crippen molar-refractivity contribution < 1.29 is 4.79 Å². The van der Waals surface area contributed by atoms with Crippen molar-refractivity contribution >= 4 is 28.6 Å². The largest absolute Gasteiger partial charge is 0.353 e. The molecule has 2 aromatic heterocycles. The van der Waals surface area contributed by atoms with E-state index in [1.165, 1.54) is 17.7 Å². The van der Waals surface area contributed by atoms with Gasteiger partial charge in [-0.05, 0) is 43.0 Å². The van der Waals surface area contributed by atoms with Crippen molar-refractivity contribution in [1.82, 2.24) is 10.3 Å². The Labute approximate surface area is 133 Å². The maximum atomic E-state index is 12.1. The molecule has 3 rings (SSSR count). The first-order valence-corrected chi connectivity index (χ1v) is 9.24. The van der Waals surface area contributed by atoms with Gasteiger partial charge in [0.15, 0.2) is 0 Å². The fraction of sp³-hybridized carbons (Fsp3) is 0.500. The fourth-order valence-corrected chi connectivity index (χ4v) is 4.38. The standard InChI is InChI=1S/C16H20N2OS2/c1-11-4-6-12(7-5-11)17-15(19)9-13-10-21-16(18-13)14-3-2-8-20-14/h2-3,8,10-12H,4-7,9H2,1H3,(H,17,19). The highest BCUT2D eigenvalue weighted by atomic mass is 32.1. The summed E-state index contributed by atoms with van der Waals surface area (Å²) in [6.07, 6.45) is 5.08. The molecule has 1 aliphatic rings. The highest BCUT2D eigenvalue weighted by Crippen LogP contribution is 2.28. The molecule has 112 valence electrons. The van der Waals surface area contributed by atoms with Crippen LogP contribution in [0.25, 0.3) is 9.88 Å². The Morgan fingerprint density at radius 1 is 1.33 bits per heavy atom. The number of carbonyl (C=O) groups excluding carboxylic acids is 1. The van der Waals surface area contributed by atoms with E-state index in [0.717, 1.165) is 29.5 Å². The molecule has 5 heteroatoms. The minimum Gasteiger partial charge on any atom is -0.353 e. The molecular formula is C16H20N2OS2. The van der Waals surface area contributed by atoms with E-state index >= 15 is 0 Å². The second kappa shape index (κ2) is 6.71. The zero-order valence-corrected chi connectivity index (χ0v) is 13.8. The van der Waals surface area contributed by atoms with E-state index in [1.807, 2.05) is 16.8 Å². The van der Waals surface area contributed by atoms with Gasteiger partial charge in [0.25, 0.3) is 0 Å². The average molecular weight is 320 g/mol. The van der Waals surface area contributed by atoms with Crippen LogP contribution >= 0.6 is 22.7 Å². The van der Waals surface area contributed by atoms with Gasteiger partial charge in [-0.15, -0.1) is 22.7 Å². The summed E-state index contributed by atoms with van der Waals surface area (Å²) in [6.45, 7) is 2.29. The van der Waals surface area contributed by atoms with Gasteiger partial charge in [0.05, 0.1) is 17.0 Å². The summed E-state index contributed by atoms with van der Waals surface area (Å²) in [5, 5.41) is 8.22. The van der Waals surface area contributed by atoms with Gasteiger partial charge < -0.3 is 5.32 Å². The van der Waals surface area contributed by atoms with Crippen molar-refractivity contribution in [2.45, 2.75) is 45.1 Å². The molecule has 21 heavy (non-hydrogen) atoms. The van der Waals surface area contributed by atoms with Crippen LogP contribution in [0.2, 0.25) is 0 Å². The lowest BCUT2D eigenvalue weighted by Gasteiger charge is -2.26. The van der Waals surface area contributed by atoms with E-state index in [9.17, 15) is 4.79 Å². The maximum Gasteiger partial charge on any atom is 0.226 e. The number of hydrogen-bond donors (Lipinski definition) is 1. The van der Waals surface area contributed by atoms with E-state index in [0.29, 0.717) is 12.5 Å². The average Bonchev–Trinajstić information content (AvgIpc) is 3.12. The molecular weight excluding hydrogens is 300 g/mol. The van der Waals surface area contributed by atoms with Gasteiger partial charge in [-0.1, -0.05) is 13.0 Å². The van der Waals surface area contributed by atoms with Crippen LogP contribution in [-0.4, -0.2) is 16.9 Å². The Hall–Kier alpha value is -1.20. The summed E-state index contributed by atoms with van der Waals surface area (Å²) >= 11 is 3.30. The lowest BCUT2D eigenvalue weighted by atomic mass is 9.87. The quantitative estimate of drug-likeness (QED) is 0.921. The SMILES string of the molecule is CC1CCC(NC(=O)Cc2csc(-c3cccs3)n2)CC1. The normalized spacial score (nSPS) is 22.1. The van der Waals surface area contributed by atoms with Crippen molar-refractivity contribution in [2.75, 3.05) is 0 Å². The minimum absolute atomic E-state index is 0.109. The third kappa shape index (κ3) is 3.92. The number of rotatable bonds is 4. The minimum atomic E-state index is 0.109. The molecule has 1 fully saturated rings. The van der Waals surface area contributed by atoms with E-state index in [1.54, 1.807) is 22.7 Å². The second-order valence-corrected chi connectivity index (χ2v) is 7.63. The number of thiazole rings is 1. The molecule has 0 bridgehead atoms. The van der Waals surface area contributed by atoms with Gasteiger partial charge in [0.2, 0.25) is 5.91 Å². The molecule has 0 spiro atoms. The van der Waals surface area contributed by atoms with Crippen LogP contribution in [0.4, 0.5) is 0 Å². The molecule has 2 aromatic rings. The van der Waals surface area contributed by atoms with Crippen molar-refractivity contribution in [3.05, 3.63) is 28.6 Å². The van der Waals surface area contributed by atoms with Crippen LogP contribution in [0.3, 0.4) is 0 Å². The summed E-state index contributed by atoms with van der Waals surface area (Å²) in [7, 11) is 0. The predicted octanol–water partition coefficient (Wildman–Crippen LogP) is 4.11. The molecule has 1 amide bonds. The number of carbonyl (C=O) groups is 1. The number of hydrogen-bond acceptors (Lipinski definition) is 4. The van der Waals surface area contributed by atoms with Gasteiger partial charge >= 0.3 is 0 Å². The molecule has 1 saturated carbocycles. The Morgan fingerprint density at radius 3 is 2.86 bits per heavy atom. The number of nitrogens with zero attached hydrogens (tertiary/aromatic N) is 1.